The zero-order valence-electron chi connectivity index (χ0n) is 19.1. The van der Waals surface area contributed by atoms with Crippen LogP contribution in [0.25, 0.3) is 11.1 Å². The molecule has 0 radical (unpaired) electrons. The molecule has 0 saturated carbocycles. The fourth-order valence-corrected chi connectivity index (χ4v) is 4.23. The van der Waals surface area contributed by atoms with Crippen LogP contribution in [0.5, 0.6) is 0 Å². The number of carbonyl (C=O) groups is 2. The van der Waals surface area contributed by atoms with Gasteiger partial charge in [-0.05, 0) is 37.3 Å². The molecule has 4 N–H and O–H groups in total. The minimum absolute atomic E-state index is 0.00967. The van der Waals surface area contributed by atoms with E-state index in [0.717, 1.165) is 0 Å². The number of pyridine rings is 1. The molecule has 1 atom stereocenters. The molecule has 186 valence electrons. The maximum Gasteiger partial charge on any atom is 0.335 e. The van der Waals surface area contributed by atoms with E-state index in [1.54, 1.807) is 49.4 Å². The third-order valence-corrected chi connectivity index (χ3v) is 6.09. The van der Waals surface area contributed by atoms with Gasteiger partial charge in [-0.15, -0.1) is 0 Å². The molecule has 0 spiro atoms. The second-order valence-corrected chi connectivity index (χ2v) is 8.85. The van der Waals surface area contributed by atoms with Crippen LogP contribution in [-0.4, -0.2) is 32.9 Å². The fraction of sp³-hybridized carbons (Fsp3) is 0.0800. The van der Waals surface area contributed by atoms with Gasteiger partial charge in [0.25, 0.3) is 5.91 Å². The van der Waals surface area contributed by atoms with E-state index >= 15 is 0 Å². The molecular weight excluding hydrogens is 519 g/mol. The van der Waals surface area contributed by atoms with Crippen LogP contribution in [0.15, 0.2) is 81.5 Å². The molecule has 0 fully saturated rings. The van der Waals surface area contributed by atoms with Gasteiger partial charge in [-0.2, -0.15) is 4.98 Å². The SMILES string of the molecule is CC1=C(C(=O)Nc2cc(C(=O)O)ccn2)C(c2ccccc2Cl)N=C(Nc2nc3ccc(Cl)cc3o2)N1. The number of hydrogen-bond donors (Lipinski definition) is 4. The third kappa shape index (κ3) is 5.11. The van der Waals surface area contributed by atoms with Crippen molar-refractivity contribution in [3.63, 3.8) is 0 Å². The number of benzene rings is 2. The van der Waals surface area contributed by atoms with Crippen LogP contribution in [0.4, 0.5) is 11.8 Å². The zero-order valence-corrected chi connectivity index (χ0v) is 20.6. The summed E-state index contributed by atoms with van der Waals surface area (Å²) >= 11 is 12.5. The molecule has 0 bridgehead atoms. The Balaban J connectivity index is 1.48. The zero-order chi connectivity index (χ0) is 26.1. The number of carboxylic acid groups (broad SMARTS) is 1. The highest BCUT2D eigenvalue weighted by molar-refractivity contribution is 6.31. The van der Waals surface area contributed by atoms with Crippen LogP contribution in [-0.2, 0) is 4.79 Å². The smallest absolute Gasteiger partial charge is 0.335 e. The van der Waals surface area contributed by atoms with Gasteiger partial charge in [0.2, 0.25) is 5.96 Å². The Morgan fingerprint density at radius 3 is 2.70 bits per heavy atom. The lowest BCUT2D eigenvalue weighted by Crippen LogP contribution is -2.37. The highest BCUT2D eigenvalue weighted by Gasteiger charge is 2.31. The number of halogens is 2. The summed E-state index contributed by atoms with van der Waals surface area (Å²) in [6.45, 7) is 1.71. The minimum atomic E-state index is -1.14. The number of allylic oxidation sites excluding steroid dienone is 1. The Morgan fingerprint density at radius 2 is 1.92 bits per heavy atom. The van der Waals surface area contributed by atoms with E-state index in [1.807, 2.05) is 0 Å². The number of amides is 1. The van der Waals surface area contributed by atoms with E-state index in [9.17, 15) is 14.7 Å². The standard InChI is InChI=1S/C25H18Cl2N6O4/c1-12-20(22(34)31-19-10-13(23(35)36)8-9-28-19)21(15-4-2-3-5-16(15)27)32-24(29-12)33-25-30-17-7-6-14(26)11-18(17)37-25/h2-11,21H,1H3,(H,35,36)(H,28,31,34)(H2,29,30,32,33). The molecule has 2 aromatic carbocycles. The summed E-state index contributed by atoms with van der Waals surface area (Å²) in [6, 6.07) is 14.1. The topological polar surface area (TPSA) is 142 Å². The van der Waals surface area contributed by atoms with Gasteiger partial charge < -0.3 is 20.2 Å². The lowest BCUT2D eigenvalue weighted by molar-refractivity contribution is -0.113. The lowest BCUT2D eigenvalue weighted by atomic mass is 9.95. The van der Waals surface area contributed by atoms with Gasteiger partial charge >= 0.3 is 12.0 Å². The van der Waals surface area contributed by atoms with Crippen molar-refractivity contribution in [3.8, 4) is 0 Å². The summed E-state index contributed by atoms with van der Waals surface area (Å²) in [7, 11) is 0. The number of oxazole rings is 1. The normalized spacial score (nSPS) is 15.2. The molecule has 10 nitrogen and oxygen atoms in total. The van der Waals surface area contributed by atoms with Crippen LogP contribution in [0.3, 0.4) is 0 Å². The van der Waals surface area contributed by atoms with Crippen molar-refractivity contribution >= 4 is 64.0 Å². The van der Waals surface area contributed by atoms with E-state index in [4.69, 9.17) is 27.6 Å². The first kappa shape index (κ1) is 24.3. The maximum atomic E-state index is 13.4. The second kappa shape index (κ2) is 9.92. The first-order valence-corrected chi connectivity index (χ1v) is 11.7. The van der Waals surface area contributed by atoms with E-state index in [0.29, 0.717) is 32.4 Å². The number of anilines is 2. The summed E-state index contributed by atoms with van der Waals surface area (Å²) < 4.78 is 5.73. The van der Waals surface area contributed by atoms with E-state index in [2.05, 4.69) is 30.9 Å². The first-order chi connectivity index (χ1) is 17.8. The lowest BCUT2D eigenvalue weighted by Gasteiger charge is -2.26. The van der Waals surface area contributed by atoms with Crippen molar-refractivity contribution in [2.45, 2.75) is 13.0 Å². The van der Waals surface area contributed by atoms with Crippen LogP contribution < -0.4 is 16.0 Å². The highest BCUT2D eigenvalue weighted by Crippen LogP contribution is 2.35. The van der Waals surface area contributed by atoms with Gasteiger partial charge in [-0.1, -0.05) is 41.4 Å². The summed E-state index contributed by atoms with van der Waals surface area (Å²) in [5, 5.41) is 18.9. The molecule has 3 heterocycles. The summed E-state index contributed by atoms with van der Waals surface area (Å²) in [5.74, 6) is -1.30. The number of carbonyl (C=O) groups excluding carboxylic acids is 1. The van der Waals surface area contributed by atoms with Crippen LogP contribution in [0.2, 0.25) is 10.0 Å². The number of fused-ring (bicyclic) bond motifs is 1. The molecule has 0 saturated heterocycles. The largest absolute Gasteiger partial charge is 0.478 e. The molecule has 0 aliphatic carbocycles. The molecule has 1 aliphatic heterocycles. The molecule has 1 unspecified atom stereocenters. The number of nitrogens with one attached hydrogen (secondary N) is 3. The number of hydrogen-bond acceptors (Lipinski definition) is 8. The van der Waals surface area contributed by atoms with E-state index < -0.39 is 17.9 Å². The van der Waals surface area contributed by atoms with Crippen molar-refractivity contribution in [1.82, 2.24) is 15.3 Å². The highest BCUT2D eigenvalue weighted by atomic mass is 35.5. The number of guanidine groups is 1. The first-order valence-electron chi connectivity index (χ1n) is 10.9. The summed E-state index contributed by atoms with van der Waals surface area (Å²) in [5.41, 5.74) is 2.43. The van der Waals surface area contributed by atoms with E-state index in [-0.39, 0.29) is 28.9 Å². The second-order valence-electron chi connectivity index (χ2n) is 8.01. The fourth-order valence-electron chi connectivity index (χ4n) is 3.82. The van der Waals surface area contributed by atoms with Crippen molar-refractivity contribution < 1.29 is 19.1 Å². The molecule has 4 aromatic rings. The monoisotopic (exact) mass is 536 g/mol. The maximum absolute atomic E-state index is 13.4. The summed E-state index contributed by atoms with van der Waals surface area (Å²) in [4.78, 5) is 37.8. The molecule has 37 heavy (non-hydrogen) atoms. The van der Waals surface area contributed by atoms with Crippen LogP contribution in [0.1, 0.15) is 28.9 Å². The van der Waals surface area contributed by atoms with E-state index in [1.165, 1.54) is 18.3 Å². The average Bonchev–Trinajstić information content (AvgIpc) is 3.25. The molecular formula is C25H18Cl2N6O4. The minimum Gasteiger partial charge on any atom is -0.478 e. The predicted molar refractivity (Wildman–Crippen MR) is 140 cm³/mol. The number of rotatable bonds is 5. The van der Waals surface area contributed by atoms with Crippen LogP contribution in [0, 0.1) is 0 Å². The van der Waals surface area contributed by atoms with Gasteiger partial charge in [0.05, 0.1) is 11.1 Å². The number of aliphatic imine (C=N–C) groups is 1. The summed E-state index contributed by atoms with van der Waals surface area (Å²) in [6.07, 6.45) is 1.30. The number of nitrogens with zero attached hydrogens (tertiary/aromatic N) is 3. The molecule has 5 rings (SSSR count). The number of carboxylic acids is 1. The van der Waals surface area contributed by atoms with Gasteiger partial charge in [-0.25, -0.2) is 14.8 Å². The molecule has 1 amide bonds. The predicted octanol–water partition coefficient (Wildman–Crippen LogP) is 5.25. The van der Waals surface area contributed by atoms with Crippen molar-refractivity contribution in [1.29, 1.82) is 0 Å². The van der Waals surface area contributed by atoms with Gasteiger partial charge in [0, 0.05) is 33.6 Å². The van der Waals surface area contributed by atoms with Gasteiger partial charge in [0.15, 0.2) is 5.58 Å². The van der Waals surface area contributed by atoms with Gasteiger partial charge in [0.1, 0.15) is 17.4 Å². The third-order valence-electron chi connectivity index (χ3n) is 5.51. The molecule has 1 aliphatic rings. The Kier molecular flexibility index (Phi) is 6.51. The Morgan fingerprint density at radius 1 is 1.11 bits per heavy atom. The Hall–Kier alpha value is -4.41. The quantitative estimate of drug-likeness (QED) is 0.270. The van der Waals surface area contributed by atoms with Crippen molar-refractivity contribution in [2.24, 2.45) is 4.99 Å². The Labute approximate surface area is 220 Å². The number of aromatic nitrogens is 2. The molecule has 2 aromatic heterocycles. The number of aromatic carboxylic acids is 1. The Bertz CT molecular complexity index is 1610. The van der Waals surface area contributed by atoms with Gasteiger partial charge in [-0.3, -0.25) is 10.1 Å². The molecule has 12 heteroatoms. The average molecular weight is 537 g/mol. The van der Waals surface area contributed by atoms with Crippen molar-refractivity contribution in [2.75, 3.05) is 10.6 Å². The van der Waals surface area contributed by atoms with Crippen LogP contribution >= 0.6 is 23.2 Å². The van der Waals surface area contributed by atoms with Crippen molar-refractivity contribution in [3.05, 3.63) is 93.2 Å².